The van der Waals surface area contributed by atoms with Crippen molar-refractivity contribution in [1.82, 2.24) is 5.32 Å². The molecule has 94 valence electrons. The fourth-order valence-electron chi connectivity index (χ4n) is 2.89. The molecule has 0 aromatic carbocycles. The molecule has 3 atom stereocenters. The normalized spacial score (nSPS) is 32.3. The largest absolute Gasteiger partial charge is 0.480 e. The highest BCUT2D eigenvalue weighted by Crippen LogP contribution is 2.34. The molecule has 16 heavy (non-hydrogen) atoms. The molecule has 0 radical (unpaired) electrons. The fourth-order valence-corrected chi connectivity index (χ4v) is 2.89. The van der Waals surface area contributed by atoms with Crippen LogP contribution in [0, 0.1) is 5.92 Å². The summed E-state index contributed by atoms with van der Waals surface area (Å²) in [6.45, 7) is 6.30. The number of hydrogen-bond acceptors (Lipinski definition) is 2. The highest BCUT2D eigenvalue weighted by molar-refractivity contribution is 5.79. The van der Waals surface area contributed by atoms with Crippen molar-refractivity contribution in [3.05, 3.63) is 0 Å². The Balaban J connectivity index is 2.75. The van der Waals surface area contributed by atoms with E-state index in [2.05, 4.69) is 26.1 Å². The maximum absolute atomic E-state index is 11.6. The average molecular weight is 227 g/mol. The van der Waals surface area contributed by atoms with Crippen molar-refractivity contribution < 1.29 is 9.90 Å². The summed E-state index contributed by atoms with van der Waals surface area (Å²) in [5.74, 6) is -0.430. The Labute approximate surface area is 98.6 Å². The Morgan fingerprint density at radius 3 is 2.75 bits per heavy atom. The van der Waals surface area contributed by atoms with Gasteiger partial charge in [-0.25, -0.2) is 0 Å². The quantitative estimate of drug-likeness (QED) is 0.759. The molecule has 0 heterocycles. The van der Waals surface area contributed by atoms with E-state index in [0.29, 0.717) is 6.04 Å². The second kappa shape index (κ2) is 5.67. The van der Waals surface area contributed by atoms with Gasteiger partial charge in [-0.1, -0.05) is 33.1 Å². The van der Waals surface area contributed by atoms with Gasteiger partial charge in [-0.05, 0) is 32.1 Å². The van der Waals surface area contributed by atoms with Gasteiger partial charge in [0.1, 0.15) is 5.54 Å². The molecule has 0 bridgehead atoms. The summed E-state index contributed by atoms with van der Waals surface area (Å²) in [6.07, 6.45) is 6.14. The molecule has 0 saturated heterocycles. The summed E-state index contributed by atoms with van der Waals surface area (Å²) in [5, 5.41) is 12.9. The number of rotatable bonds is 5. The van der Waals surface area contributed by atoms with E-state index in [1.807, 2.05) is 0 Å². The summed E-state index contributed by atoms with van der Waals surface area (Å²) in [4.78, 5) is 11.6. The smallest absolute Gasteiger partial charge is 0.324 e. The Bertz CT molecular complexity index is 242. The molecular weight excluding hydrogens is 202 g/mol. The first-order valence-corrected chi connectivity index (χ1v) is 6.54. The SMILES string of the molecule is CCCC(C)NC1(C(=O)O)CCCCC1C. The second-order valence-corrected chi connectivity index (χ2v) is 5.26. The Hall–Kier alpha value is -0.570. The molecule has 3 unspecified atom stereocenters. The summed E-state index contributed by atoms with van der Waals surface area (Å²) < 4.78 is 0. The van der Waals surface area contributed by atoms with E-state index in [0.717, 1.165) is 32.1 Å². The lowest BCUT2D eigenvalue weighted by Crippen LogP contribution is -2.60. The lowest BCUT2D eigenvalue weighted by Gasteiger charge is -2.41. The van der Waals surface area contributed by atoms with Crippen molar-refractivity contribution in [3.8, 4) is 0 Å². The molecular formula is C13H25NO2. The Morgan fingerprint density at radius 2 is 2.25 bits per heavy atom. The lowest BCUT2D eigenvalue weighted by atomic mass is 9.73. The van der Waals surface area contributed by atoms with Gasteiger partial charge in [-0.2, -0.15) is 0 Å². The summed E-state index contributed by atoms with van der Waals surface area (Å²) in [6, 6.07) is 0.293. The van der Waals surface area contributed by atoms with Gasteiger partial charge in [0.15, 0.2) is 0 Å². The molecule has 0 spiro atoms. The van der Waals surface area contributed by atoms with Crippen LogP contribution < -0.4 is 5.32 Å². The topological polar surface area (TPSA) is 49.3 Å². The van der Waals surface area contributed by atoms with Crippen LogP contribution in [0.15, 0.2) is 0 Å². The first-order valence-electron chi connectivity index (χ1n) is 6.54. The van der Waals surface area contributed by atoms with E-state index >= 15 is 0 Å². The molecule has 1 aliphatic rings. The predicted molar refractivity (Wildman–Crippen MR) is 65.5 cm³/mol. The monoisotopic (exact) mass is 227 g/mol. The lowest BCUT2D eigenvalue weighted by molar-refractivity contribution is -0.149. The van der Waals surface area contributed by atoms with Crippen molar-refractivity contribution in [2.75, 3.05) is 0 Å². The van der Waals surface area contributed by atoms with Gasteiger partial charge in [0.2, 0.25) is 0 Å². The second-order valence-electron chi connectivity index (χ2n) is 5.26. The van der Waals surface area contributed by atoms with Gasteiger partial charge >= 0.3 is 5.97 Å². The van der Waals surface area contributed by atoms with Gasteiger partial charge in [-0.3, -0.25) is 10.1 Å². The van der Waals surface area contributed by atoms with Crippen LogP contribution in [-0.4, -0.2) is 22.7 Å². The van der Waals surface area contributed by atoms with Crippen LogP contribution >= 0.6 is 0 Å². The van der Waals surface area contributed by atoms with Crippen molar-refractivity contribution >= 4 is 5.97 Å². The number of aliphatic carboxylic acids is 1. The molecule has 2 N–H and O–H groups in total. The van der Waals surface area contributed by atoms with E-state index < -0.39 is 11.5 Å². The molecule has 1 rings (SSSR count). The van der Waals surface area contributed by atoms with Crippen molar-refractivity contribution in [1.29, 1.82) is 0 Å². The minimum Gasteiger partial charge on any atom is -0.480 e. The highest BCUT2D eigenvalue weighted by Gasteiger charge is 2.45. The number of hydrogen-bond donors (Lipinski definition) is 2. The highest BCUT2D eigenvalue weighted by atomic mass is 16.4. The molecule has 3 heteroatoms. The average Bonchev–Trinajstić information content (AvgIpc) is 2.21. The maximum Gasteiger partial charge on any atom is 0.324 e. The number of carboxylic acids is 1. The third-order valence-corrected chi connectivity index (χ3v) is 3.91. The molecule has 1 aliphatic carbocycles. The van der Waals surface area contributed by atoms with Crippen LogP contribution in [0.3, 0.4) is 0 Å². The number of nitrogens with one attached hydrogen (secondary N) is 1. The molecule has 0 aliphatic heterocycles. The molecule has 0 aromatic heterocycles. The van der Waals surface area contributed by atoms with Crippen LogP contribution in [0.1, 0.15) is 59.3 Å². The fraction of sp³-hybridized carbons (Fsp3) is 0.923. The van der Waals surface area contributed by atoms with E-state index in [4.69, 9.17) is 0 Å². The van der Waals surface area contributed by atoms with Crippen LogP contribution in [0.2, 0.25) is 0 Å². The van der Waals surface area contributed by atoms with E-state index in [1.165, 1.54) is 6.42 Å². The van der Waals surface area contributed by atoms with E-state index in [1.54, 1.807) is 0 Å². The van der Waals surface area contributed by atoms with E-state index in [-0.39, 0.29) is 5.92 Å². The number of carbonyl (C=O) groups is 1. The standard InChI is InChI=1S/C13H25NO2/c1-4-7-11(3)14-13(12(15)16)9-6-5-8-10(13)2/h10-11,14H,4-9H2,1-3H3,(H,15,16). The van der Waals surface area contributed by atoms with Crippen LogP contribution in [0.5, 0.6) is 0 Å². The van der Waals surface area contributed by atoms with Gasteiger partial charge < -0.3 is 5.11 Å². The van der Waals surface area contributed by atoms with Gasteiger partial charge in [0.05, 0.1) is 0 Å². The summed E-state index contributed by atoms with van der Waals surface area (Å²) in [7, 11) is 0. The minimum atomic E-state index is -0.674. The first-order chi connectivity index (χ1) is 7.53. The zero-order valence-electron chi connectivity index (χ0n) is 10.8. The molecule has 1 saturated carbocycles. The third kappa shape index (κ3) is 2.76. The molecule has 3 nitrogen and oxygen atoms in total. The Kier molecular flexibility index (Phi) is 4.78. The minimum absolute atomic E-state index is 0.234. The van der Waals surface area contributed by atoms with Gasteiger partial charge in [-0.15, -0.1) is 0 Å². The van der Waals surface area contributed by atoms with Crippen LogP contribution in [0.4, 0.5) is 0 Å². The molecule has 0 aromatic rings. The predicted octanol–water partition coefficient (Wildman–Crippen LogP) is 2.80. The zero-order chi connectivity index (χ0) is 12.2. The third-order valence-electron chi connectivity index (χ3n) is 3.91. The van der Waals surface area contributed by atoms with Crippen molar-refractivity contribution in [2.24, 2.45) is 5.92 Å². The number of carboxylic acid groups (broad SMARTS) is 1. The van der Waals surface area contributed by atoms with Gasteiger partial charge in [0.25, 0.3) is 0 Å². The molecule has 1 fully saturated rings. The van der Waals surface area contributed by atoms with E-state index in [9.17, 15) is 9.90 Å². The summed E-state index contributed by atoms with van der Waals surface area (Å²) >= 11 is 0. The van der Waals surface area contributed by atoms with Crippen molar-refractivity contribution in [2.45, 2.75) is 70.9 Å². The van der Waals surface area contributed by atoms with Crippen LogP contribution in [0.25, 0.3) is 0 Å². The zero-order valence-corrected chi connectivity index (χ0v) is 10.8. The van der Waals surface area contributed by atoms with Gasteiger partial charge in [0, 0.05) is 6.04 Å². The van der Waals surface area contributed by atoms with Crippen LogP contribution in [-0.2, 0) is 4.79 Å². The molecule has 0 amide bonds. The maximum atomic E-state index is 11.6. The van der Waals surface area contributed by atoms with Crippen molar-refractivity contribution in [3.63, 3.8) is 0 Å². The summed E-state index contributed by atoms with van der Waals surface area (Å²) in [5.41, 5.74) is -0.674. The Morgan fingerprint density at radius 1 is 1.56 bits per heavy atom. The first kappa shape index (κ1) is 13.5.